The molecule has 1 amide bonds. The summed E-state index contributed by atoms with van der Waals surface area (Å²) in [6, 6.07) is 10.3. The van der Waals surface area contributed by atoms with Crippen LogP contribution in [0.2, 0.25) is 0 Å². The molecule has 29 heavy (non-hydrogen) atoms. The zero-order valence-corrected chi connectivity index (χ0v) is 16.9. The fraction of sp³-hybridized carbons (Fsp3) is 0.368. The van der Waals surface area contributed by atoms with Crippen LogP contribution in [0.15, 0.2) is 42.6 Å². The van der Waals surface area contributed by atoms with Gasteiger partial charge in [-0.25, -0.2) is 18.2 Å². The number of benzene rings is 1. The number of likely N-dealkylation sites (tertiary alicyclic amines) is 1. The van der Waals surface area contributed by atoms with Crippen molar-refractivity contribution >= 4 is 21.8 Å². The van der Waals surface area contributed by atoms with Gasteiger partial charge in [-0.2, -0.15) is 0 Å². The molecular weight excluding hydrogens is 396 g/mol. The van der Waals surface area contributed by atoms with Crippen LogP contribution in [0.3, 0.4) is 0 Å². The number of ether oxygens (including phenoxy) is 1. The summed E-state index contributed by atoms with van der Waals surface area (Å²) in [4.78, 5) is 17.3. The summed E-state index contributed by atoms with van der Waals surface area (Å²) in [6.07, 6.45) is 3.48. The van der Waals surface area contributed by atoms with Gasteiger partial charge < -0.3 is 15.2 Å². The van der Waals surface area contributed by atoms with Gasteiger partial charge in [0.05, 0.1) is 6.26 Å². The Morgan fingerprint density at radius 3 is 2.45 bits per heavy atom. The molecule has 0 atom stereocenters. The largest absolute Gasteiger partial charge is 0.465 e. The number of hydrogen-bond donors (Lipinski definition) is 3. The molecule has 10 heteroatoms. The van der Waals surface area contributed by atoms with E-state index in [1.807, 2.05) is 6.07 Å². The Bertz CT molecular complexity index is 924. The fourth-order valence-corrected chi connectivity index (χ4v) is 3.72. The van der Waals surface area contributed by atoms with Crippen LogP contribution in [0.25, 0.3) is 0 Å². The van der Waals surface area contributed by atoms with Gasteiger partial charge in [-0.05, 0) is 42.7 Å². The third kappa shape index (κ3) is 6.91. The van der Waals surface area contributed by atoms with Gasteiger partial charge in [0.2, 0.25) is 15.9 Å². The lowest BCUT2D eigenvalue weighted by atomic mass is 10.0. The van der Waals surface area contributed by atoms with Crippen molar-refractivity contribution < 1.29 is 23.1 Å². The van der Waals surface area contributed by atoms with Crippen LogP contribution < -0.4 is 14.8 Å². The second-order valence-electron chi connectivity index (χ2n) is 7.01. The van der Waals surface area contributed by atoms with Gasteiger partial charge in [0.1, 0.15) is 5.75 Å². The van der Waals surface area contributed by atoms with Gasteiger partial charge >= 0.3 is 6.09 Å². The van der Waals surface area contributed by atoms with E-state index in [1.165, 1.54) is 0 Å². The number of piperidine rings is 1. The normalized spacial score (nSPS) is 15.6. The van der Waals surface area contributed by atoms with E-state index in [4.69, 9.17) is 9.84 Å². The van der Waals surface area contributed by atoms with Gasteiger partial charge in [-0.15, -0.1) is 0 Å². The summed E-state index contributed by atoms with van der Waals surface area (Å²) in [5.74, 6) is 0.999. The molecule has 1 aliphatic heterocycles. The average Bonchev–Trinajstić information content (AvgIpc) is 2.65. The monoisotopic (exact) mass is 420 g/mol. The summed E-state index contributed by atoms with van der Waals surface area (Å²) in [7, 11) is -3.31. The first kappa shape index (κ1) is 20.9. The number of rotatable bonds is 7. The maximum Gasteiger partial charge on any atom is 0.404 e. The summed E-state index contributed by atoms with van der Waals surface area (Å²) >= 11 is 0. The first-order valence-electron chi connectivity index (χ1n) is 9.19. The smallest absolute Gasteiger partial charge is 0.404 e. The molecule has 0 saturated carbocycles. The van der Waals surface area contributed by atoms with Gasteiger partial charge in [0.25, 0.3) is 0 Å². The molecule has 3 rings (SSSR count). The molecular formula is C19H24N4O5S. The number of amides is 1. The Kier molecular flexibility index (Phi) is 6.55. The van der Waals surface area contributed by atoms with Crippen LogP contribution in [0.4, 0.5) is 10.5 Å². The topological polar surface area (TPSA) is 121 Å². The van der Waals surface area contributed by atoms with Gasteiger partial charge in [-0.3, -0.25) is 9.62 Å². The molecule has 1 aromatic carbocycles. The molecule has 0 aliphatic carbocycles. The zero-order valence-electron chi connectivity index (χ0n) is 16.0. The van der Waals surface area contributed by atoms with Crippen LogP contribution in [0, 0.1) is 0 Å². The highest BCUT2D eigenvalue weighted by molar-refractivity contribution is 7.92. The molecule has 2 aromatic rings. The summed E-state index contributed by atoms with van der Waals surface area (Å²) in [5, 5.41) is 11.3. The summed E-state index contributed by atoms with van der Waals surface area (Å²) < 4.78 is 30.5. The third-order valence-corrected chi connectivity index (χ3v) is 5.11. The van der Waals surface area contributed by atoms with E-state index in [0.717, 1.165) is 44.3 Å². The van der Waals surface area contributed by atoms with E-state index in [2.05, 4.69) is 19.9 Å². The van der Waals surface area contributed by atoms with E-state index in [1.54, 1.807) is 36.5 Å². The molecule has 0 spiro atoms. The maximum absolute atomic E-state index is 11.2. The van der Waals surface area contributed by atoms with Gasteiger partial charge in [0, 0.05) is 43.6 Å². The molecule has 1 fully saturated rings. The van der Waals surface area contributed by atoms with Crippen molar-refractivity contribution in [2.45, 2.75) is 25.4 Å². The lowest BCUT2D eigenvalue weighted by Crippen LogP contribution is -2.43. The molecule has 9 nitrogen and oxygen atoms in total. The van der Waals surface area contributed by atoms with Crippen molar-refractivity contribution in [2.24, 2.45) is 0 Å². The predicted molar refractivity (Wildman–Crippen MR) is 109 cm³/mol. The molecule has 1 aliphatic rings. The van der Waals surface area contributed by atoms with Crippen LogP contribution >= 0.6 is 0 Å². The quantitative estimate of drug-likeness (QED) is 0.629. The molecule has 1 saturated heterocycles. The number of hydrogen-bond acceptors (Lipinski definition) is 6. The lowest BCUT2D eigenvalue weighted by Gasteiger charge is -2.31. The second kappa shape index (κ2) is 9.10. The lowest BCUT2D eigenvalue weighted by molar-refractivity contribution is 0.165. The van der Waals surface area contributed by atoms with Crippen LogP contribution in [0.1, 0.15) is 18.4 Å². The highest BCUT2D eigenvalue weighted by Gasteiger charge is 2.20. The Morgan fingerprint density at radius 2 is 1.90 bits per heavy atom. The number of carbonyl (C=O) groups is 1. The highest BCUT2D eigenvalue weighted by atomic mass is 32.2. The van der Waals surface area contributed by atoms with Crippen molar-refractivity contribution in [1.29, 1.82) is 0 Å². The molecule has 3 N–H and O–H groups in total. The Balaban J connectivity index is 1.50. The minimum atomic E-state index is -3.31. The molecule has 0 radical (unpaired) electrons. The number of nitrogens with zero attached hydrogens (tertiary/aromatic N) is 2. The van der Waals surface area contributed by atoms with Gasteiger partial charge in [-0.1, -0.05) is 6.07 Å². The van der Waals surface area contributed by atoms with E-state index in [-0.39, 0.29) is 6.04 Å². The van der Waals surface area contributed by atoms with E-state index in [0.29, 0.717) is 17.3 Å². The Labute approximate surface area is 169 Å². The second-order valence-corrected chi connectivity index (χ2v) is 8.75. The van der Waals surface area contributed by atoms with Crippen LogP contribution in [-0.4, -0.2) is 54.9 Å². The van der Waals surface area contributed by atoms with Crippen molar-refractivity contribution in [1.82, 2.24) is 15.2 Å². The Hall–Kier alpha value is -2.85. The number of pyridine rings is 1. The SMILES string of the molecule is CS(=O)(=O)Nc1ccc(Oc2ccc(CN3CCC(NC(=O)O)CC3)cn2)cc1. The molecule has 2 heterocycles. The molecule has 1 aromatic heterocycles. The van der Waals surface area contributed by atoms with E-state index in [9.17, 15) is 13.2 Å². The number of carboxylic acid groups (broad SMARTS) is 1. The minimum Gasteiger partial charge on any atom is -0.465 e. The van der Waals surface area contributed by atoms with E-state index >= 15 is 0 Å². The van der Waals surface area contributed by atoms with Crippen LogP contribution in [-0.2, 0) is 16.6 Å². The average molecular weight is 420 g/mol. The van der Waals surface area contributed by atoms with Crippen molar-refractivity contribution in [3.05, 3.63) is 48.2 Å². The van der Waals surface area contributed by atoms with Crippen molar-refractivity contribution in [3.63, 3.8) is 0 Å². The number of sulfonamides is 1. The summed E-state index contributed by atoms with van der Waals surface area (Å²) in [6.45, 7) is 2.41. The van der Waals surface area contributed by atoms with Crippen LogP contribution in [0.5, 0.6) is 11.6 Å². The first-order chi connectivity index (χ1) is 13.8. The zero-order chi connectivity index (χ0) is 20.9. The van der Waals surface area contributed by atoms with E-state index < -0.39 is 16.1 Å². The maximum atomic E-state index is 11.2. The van der Waals surface area contributed by atoms with Crippen molar-refractivity contribution in [3.8, 4) is 11.6 Å². The number of nitrogens with one attached hydrogen (secondary N) is 2. The third-order valence-electron chi connectivity index (χ3n) is 4.50. The Morgan fingerprint density at radius 1 is 1.21 bits per heavy atom. The predicted octanol–water partition coefficient (Wildman–Crippen LogP) is 2.48. The number of aromatic nitrogens is 1. The summed E-state index contributed by atoms with van der Waals surface area (Å²) in [5.41, 5.74) is 1.51. The standard InChI is InChI=1S/C19H24N4O5S/c1-29(26,27)22-16-3-5-17(6-4-16)28-18-7-2-14(12-20-18)13-23-10-8-15(9-11-23)21-19(24)25/h2-7,12,15,21-22H,8-11,13H2,1H3,(H,24,25). The fourth-order valence-electron chi connectivity index (χ4n) is 3.16. The molecule has 0 unspecified atom stereocenters. The molecule has 156 valence electrons. The van der Waals surface area contributed by atoms with Crippen molar-refractivity contribution in [2.75, 3.05) is 24.1 Å². The first-order valence-corrected chi connectivity index (χ1v) is 11.1. The minimum absolute atomic E-state index is 0.0247. The van der Waals surface area contributed by atoms with Gasteiger partial charge in [0.15, 0.2) is 0 Å². The number of anilines is 1. The highest BCUT2D eigenvalue weighted by Crippen LogP contribution is 2.22. The molecule has 0 bridgehead atoms.